The van der Waals surface area contributed by atoms with Crippen molar-refractivity contribution in [2.24, 2.45) is 15.2 Å². The summed E-state index contributed by atoms with van der Waals surface area (Å²) in [5, 5.41) is 10.7. The molecule has 0 N–H and O–H groups in total. The molecular formula is C15H19N3OS. The van der Waals surface area contributed by atoms with Gasteiger partial charge in [-0.3, -0.25) is 4.79 Å². The van der Waals surface area contributed by atoms with Gasteiger partial charge in [0.25, 0.3) is 0 Å². The number of hydrogen-bond donors (Lipinski definition) is 0. The summed E-state index contributed by atoms with van der Waals surface area (Å²) in [4.78, 5) is 15.7. The number of benzene rings is 1. The van der Waals surface area contributed by atoms with E-state index in [-0.39, 0.29) is 11.3 Å². The van der Waals surface area contributed by atoms with Crippen molar-refractivity contribution in [1.82, 2.24) is 0 Å². The summed E-state index contributed by atoms with van der Waals surface area (Å²) in [5.74, 6) is -0.0147. The summed E-state index contributed by atoms with van der Waals surface area (Å²) in [7, 11) is 0. The highest BCUT2D eigenvalue weighted by Crippen LogP contribution is 2.21. The van der Waals surface area contributed by atoms with Crippen LogP contribution in [-0.2, 0) is 11.2 Å². The van der Waals surface area contributed by atoms with E-state index in [9.17, 15) is 4.79 Å². The normalized spacial score (nSPS) is 13.0. The van der Waals surface area contributed by atoms with Crippen LogP contribution in [0, 0.1) is 0 Å². The van der Waals surface area contributed by atoms with Crippen LogP contribution in [0.1, 0.15) is 33.3 Å². The van der Waals surface area contributed by atoms with E-state index < -0.39 is 6.04 Å². The second kappa shape index (κ2) is 7.17. The van der Waals surface area contributed by atoms with Crippen molar-refractivity contribution in [3.63, 3.8) is 0 Å². The Morgan fingerprint density at radius 3 is 2.55 bits per heavy atom. The van der Waals surface area contributed by atoms with E-state index in [0.717, 1.165) is 11.3 Å². The van der Waals surface area contributed by atoms with Gasteiger partial charge in [0, 0.05) is 6.42 Å². The molecule has 106 valence electrons. The largest absolute Gasteiger partial charge is 0.298 e. The quantitative estimate of drug-likeness (QED) is 0.464. The maximum atomic E-state index is 11.7. The molecule has 1 aromatic carbocycles. The number of para-hydroxylation sites is 1. The van der Waals surface area contributed by atoms with Crippen LogP contribution in [0.5, 0.6) is 0 Å². The molecule has 0 aliphatic heterocycles. The van der Waals surface area contributed by atoms with Crippen LogP contribution in [0.2, 0.25) is 0 Å². The molecule has 1 rings (SSSR count). The molecule has 0 aliphatic rings. The Hall–Kier alpha value is -1.71. The monoisotopic (exact) mass is 289 g/mol. The minimum Gasteiger partial charge on any atom is -0.298 e. The lowest BCUT2D eigenvalue weighted by molar-refractivity contribution is -0.118. The Morgan fingerprint density at radius 2 is 2.00 bits per heavy atom. The molecule has 0 aliphatic carbocycles. The van der Waals surface area contributed by atoms with E-state index in [1.807, 2.05) is 45.0 Å². The van der Waals surface area contributed by atoms with Gasteiger partial charge >= 0.3 is 0 Å². The number of Topliss-reactive ketones (excluding diaryl/α,β-unsaturated/α-hetero) is 1. The second-order valence-corrected chi connectivity index (χ2v) is 5.73. The van der Waals surface area contributed by atoms with Gasteiger partial charge in [0.2, 0.25) is 0 Å². The van der Waals surface area contributed by atoms with Gasteiger partial charge in [-0.1, -0.05) is 18.2 Å². The van der Waals surface area contributed by atoms with E-state index in [1.165, 1.54) is 6.92 Å². The van der Waals surface area contributed by atoms with Gasteiger partial charge in [-0.05, 0) is 51.5 Å². The van der Waals surface area contributed by atoms with Crippen LogP contribution in [0.3, 0.4) is 0 Å². The summed E-state index contributed by atoms with van der Waals surface area (Å²) >= 11 is 4.63. The maximum absolute atomic E-state index is 11.7. The Balaban J connectivity index is 3.00. The third-order valence-electron chi connectivity index (χ3n) is 2.54. The topological polar surface area (TPSA) is 54.1 Å². The number of ketones is 1. The number of isothiocyanates is 1. The third-order valence-corrected chi connectivity index (χ3v) is 2.63. The highest BCUT2D eigenvalue weighted by Gasteiger charge is 2.17. The zero-order valence-corrected chi connectivity index (χ0v) is 13.1. The van der Waals surface area contributed by atoms with Gasteiger partial charge in [-0.2, -0.15) is 15.2 Å². The third kappa shape index (κ3) is 5.51. The number of rotatable bonds is 5. The minimum absolute atomic E-state index is 0.0147. The summed E-state index contributed by atoms with van der Waals surface area (Å²) < 4.78 is 0. The van der Waals surface area contributed by atoms with Crippen LogP contribution < -0.4 is 0 Å². The first kappa shape index (κ1) is 16.3. The first-order valence-electron chi connectivity index (χ1n) is 6.42. The SMILES string of the molecule is CC(=O)C(Cc1ccccc1N=C=S)/N=N/C(C)(C)C. The van der Waals surface area contributed by atoms with Crippen LogP contribution in [0.4, 0.5) is 5.69 Å². The molecule has 1 atom stereocenters. The zero-order valence-electron chi connectivity index (χ0n) is 12.3. The fourth-order valence-electron chi connectivity index (χ4n) is 1.56. The summed E-state index contributed by atoms with van der Waals surface area (Å²) in [6, 6.07) is 7.03. The van der Waals surface area contributed by atoms with Crippen LogP contribution in [0.15, 0.2) is 39.5 Å². The fraction of sp³-hybridized carbons (Fsp3) is 0.467. The van der Waals surface area contributed by atoms with Crippen LogP contribution in [-0.4, -0.2) is 22.5 Å². The fourth-order valence-corrected chi connectivity index (χ4v) is 1.66. The van der Waals surface area contributed by atoms with Crippen molar-refractivity contribution in [2.75, 3.05) is 0 Å². The molecule has 0 fully saturated rings. The highest BCUT2D eigenvalue weighted by atomic mass is 32.1. The minimum atomic E-state index is -0.490. The van der Waals surface area contributed by atoms with E-state index >= 15 is 0 Å². The molecule has 0 saturated heterocycles. The van der Waals surface area contributed by atoms with Crippen molar-refractivity contribution in [2.45, 2.75) is 45.7 Å². The second-order valence-electron chi connectivity index (χ2n) is 5.55. The first-order valence-corrected chi connectivity index (χ1v) is 6.82. The number of nitrogens with zero attached hydrogens (tertiary/aromatic N) is 3. The summed E-state index contributed by atoms with van der Waals surface area (Å²) in [6.45, 7) is 7.35. The van der Waals surface area contributed by atoms with Gasteiger partial charge in [0.05, 0.1) is 16.4 Å². The molecule has 0 bridgehead atoms. The summed E-state index contributed by atoms with van der Waals surface area (Å²) in [5.41, 5.74) is 1.34. The number of aliphatic imine (C=N–C) groups is 1. The van der Waals surface area contributed by atoms with Gasteiger partial charge in [-0.15, -0.1) is 0 Å². The number of azo groups is 1. The molecule has 20 heavy (non-hydrogen) atoms. The molecule has 0 aromatic heterocycles. The van der Waals surface area contributed by atoms with E-state index in [4.69, 9.17) is 0 Å². The first-order chi connectivity index (χ1) is 9.33. The lowest BCUT2D eigenvalue weighted by atomic mass is 10.0. The molecular weight excluding hydrogens is 270 g/mol. The smallest absolute Gasteiger partial charge is 0.156 e. The van der Waals surface area contributed by atoms with Gasteiger partial charge < -0.3 is 0 Å². The average Bonchev–Trinajstić information content (AvgIpc) is 2.35. The lowest BCUT2D eigenvalue weighted by Crippen LogP contribution is -2.20. The molecule has 0 spiro atoms. The molecule has 1 unspecified atom stereocenters. The van der Waals surface area contributed by atoms with Gasteiger partial charge in [-0.25, -0.2) is 0 Å². The van der Waals surface area contributed by atoms with Crippen molar-refractivity contribution >= 4 is 28.8 Å². The number of carbonyl (C=O) groups excluding carboxylic acids is 1. The number of hydrogen-bond acceptors (Lipinski definition) is 5. The predicted octanol–water partition coefficient (Wildman–Crippen LogP) is 4.17. The Labute approximate surface area is 125 Å². The highest BCUT2D eigenvalue weighted by molar-refractivity contribution is 7.78. The van der Waals surface area contributed by atoms with E-state index in [2.05, 4.69) is 32.6 Å². The van der Waals surface area contributed by atoms with E-state index in [0.29, 0.717) is 6.42 Å². The van der Waals surface area contributed by atoms with E-state index in [1.54, 1.807) is 0 Å². The molecule has 0 saturated carbocycles. The maximum Gasteiger partial charge on any atom is 0.156 e. The van der Waals surface area contributed by atoms with Crippen molar-refractivity contribution in [3.05, 3.63) is 29.8 Å². The van der Waals surface area contributed by atoms with Crippen molar-refractivity contribution < 1.29 is 4.79 Å². The average molecular weight is 289 g/mol. The van der Waals surface area contributed by atoms with Crippen LogP contribution in [0.25, 0.3) is 0 Å². The van der Waals surface area contributed by atoms with Crippen molar-refractivity contribution in [1.29, 1.82) is 0 Å². The molecule has 1 aromatic rings. The molecule has 0 heterocycles. The predicted molar refractivity (Wildman–Crippen MR) is 83.9 cm³/mol. The molecule has 5 heteroatoms. The lowest BCUT2D eigenvalue weighted by Gasteiger charge is -2.13. The Bertz CT molecular complexity index is 554. The summed E-state index contributed by atoms with van der Waals surface area (Å²) in [6.07, 6.45) is 0.464. The Morgan fingerprint density at radius 1 is 1.35 bits per heavy atom. The van der Waals surface area contributed by atoms with Crippen molar-refractivity contribution in [3.8, 4) is 0 Å². The Kier molecular flexibility index (Phi) is 5.86. The van der Waals surface area contributed by atoms with Crippen LogP contribution >= 0.6 is 12.2 Å². The number of thiocarbonyl (C=S) groups is 1. The van der Waals surface area contributed by atoms with Gasteiger partial charge in [0.1, 0.15) is 6.04 Å². The van der Waals surface area contributed by atoms with Gasteiger partial charge in [0.15, 0.2) is 5.78 Å². The standard InChI is InChI=1S/C15H19N3OS/c1-11(19)14(17-18-15(2,3)4)9-12-7-5-6-8-13(12)16-10-20/h5-8,14H,9H2,1-4H3/b18-17+. The molecule has 4 nitrogen and oxygen atoms in total. The molecule has 0 amide bonds. The molecule has 0 radical (unpaired) electrons. The number of carbonyl (C=O) groups is 1. The zero-order chi connectivity index (χ0) is 15.2.